The molecule has 0 radical (unpaired) electrons. The van der Waals surface area contributed by atoms with Crippen molar-refractivity contribution in [1.29, 1.82) is 0 Å². The fourth-order valence-electron chi connectivity index (χ4n) is 3.24. The topological polar surface area (TPSA) is 63.7 Å². The summed E-state index contributed by atoms with van der Waals surface area (Å²) in [6, 6.07) is 14.8. The van der Waals surface area contributed by atoms with Crippen molar-refractivity contribution in [3.8, 4) is 0 Å². The molecule has 34 heavy (non-hydrogen) atoms. The zero-order chi connectivity index (χ0) is 25.0. The van der Waals surface area contributed by atoms with E-state index in [0.717, 1.165) is 4.90 Å². The van der Waals surface area contributed by atoms with Crippen LogP contribution in [0.5, 0.6) is 0 Å². The summed E-state index contributed by atoms with van der Waals surface area (Å²) in [5.74, 6) is -6.47. The largest absolute Gasteiger partial charge is 0.459 e. The second-order valence-electron chi connectivity index (χ2n) is 8.47. The SMILES string of the molecule is CC(C)(C)OC(=O)CN(C(=O)c1c(F)cc(F)cc1F)c1cccc(C(=O)c2ccccc2)c1. The van der Waals surface area contributed by atoms with E-state index in [9.17, 15) is 27.6 Å². The van der Waals surface area contributed by atoms with Gasteiger partial charge in [-0.3, -0.25) is 19.3 Å². The molecule has 0 atom stereocenters. The maximum Gasteiger partial charge on any atom is 0.326 e. The minimum Gasteiger partial charge on any atom is -0.459 e. The van der Waals surface area contributed by atoms with Crippen LogP contribution >= 0.6 is 0 Å². The zero-order valence-electron chi connectivity index (χ0n) is 18.8. The van der Waals surface area contributed by atoms with Crippen LogP contribution in [0.2, 0.25) is 0 Å². The van der Waals surface area contributed by atoms with Crippen molar-refractivity contribution in [2.45, 2.75) is 26.4 Å². The molecule has 0 N–H and O–H groups in total. The molecule has 0 heterocycles. The average molecular weight is 469 g/mol. The van der Waals surface area contributed by atoms with E-state index < -0.39 is 47.0 Å². The van der Waals surface area contributed by atoms with Gasteiger partial charge in [-0.1, -0.05) is 42.5 Å². The Hall–Kier alpha value is -3.94. The van der Waals surface area contributed by atoms with E-state index >= 15 is 0 Å². The van der Waals surface area contributed by atoms with Crippen LogP contribution in [0.4, 0.5) is 18.9 Å². The van der Waals surface area contributed by atoms with Crippen molar-refractivity contribution in [3.05, 3.63) is 101 Å². The number of nitrogens with zero attached hydrogens (tertiary/aromatic N) is 1. The molecule has 3 aromatic carbocycles. The molecule has 0 bridgehead atoms. The Bertz CT molecular complexity index is 1210. The monoisotopic (exact) mass is 469 g/mol. The lowest BCUT2D eigenvalue weighted by Gasteiger charge is -2.26. The first-order valence-corrected chi connectivity index (χ1v) is 10.3. The van der Waals surface area contributed by atoms with Gasteiger partial charge < -0.3 is 4.74 Å². The number of hydrogen-bond acceptors (Lipinski definition) is 4. The molecule has 0 aliphatic heterocycles. The van der Waals surface area contributed by atoms with Crippen LogP contribution in [0, 0.1) is 17.5 Å². The third-order valence-electron chi connectivity index (χ3n) is 4.63. The van der Waals surface area contributed by atoms with Gasteiger partial charge in [-0.2, -0.15) is 0 Å². The summed E-state index contributed by atoms with van der Waals surface area (Å²) in [4.78, 5) is 39.3. The van der Waals surface area contributed by atoms with Crippen LogP contribution < -0.4 is 4.90 Å². The van der Waals surface area contributed by atoms with Gasteiger partial charge in [-0.25, -0.2) is 13.2 Å². The second-order valence-corrected chi connectivity index (χ2v) is 8.47. The quantitative estimate of drug-likeness (QED) is 0.362. The molecule has 176 valence electrons. The van der Waals surface area contributed by atoms with E-state index in [-0.39, 0.29) is 17.0 Å². The number of rotatable bonds is 6. The Balaban J connectivity index is 2.05. The Kier molecular flexibility index (Phi) is 7.20. The Labute approximate surface area is 194 Å². The molecule has 0 aromatic heterocycles. The molecular formula is C26H22F3NO4. The summed E-state index contributed by atoms with van der Waals surface area (Å²) in [5, 5.41) is 0. The maximum absolute atomic E-state index is 14.4. The molecular weight excluding hydrogens is 447 g/mol. The Morgan fingerprint density at radius 2 is 1.41 bits per heavy atom. The van der Waals surface area contributed by atoms with Gasteiger partial charge in [0.05, 0.1) is 0 Å². The first-order valence-electron chi connectivity index (χ1n) is 10.3. The summed E-state index contributed by atoms with van der Waals surface area (Å²) in [5.41, 5.74) is -1.32. The Morgan fingerprint density at radius 3 is 2.00 bits per heavy atom. The lowest BCUT2D eigenvalue weighted by atomic mass is 10.0. The highest BCUT2D eigenvalue weighted by molar-refractivity contribution is 6.12. The first kappa shape index (κ1) is 24.7. The third kappa shape index (κ3) is 5.89. The molecule has 0 spiro atoms. The highest BCUT2D eigenvalue weighted by Gasteiger charge is 2.29. The van der Waals surface area contributed by atoms with Gasteiger partial charge in [0, 0.05) is 28.9 Å². The summed E-state index contributed by atoms with van der Waals surface area (Å²) < 4.78 is 47.4. The molecule has 8 heteroatoms. The zero-order valence-corrected chi connectivity index (χ0v) is 18.8. The highest BCUT2D eigenvalue weighted by Crippen LogP contribution is 2.24. The number of ether oxygens (including phenoxy) is 1. The van der Waals surface area contributed by atoms with Crippen molar-refractivity contribution in [2.24, 2.45) is 0 Å². The van der Waals surface area contributed by atoms with Crippen molar-refractivity contribution >= 4 is 23.3 Å². The number of ketones is 1. The summed E-state index contributed by atoms with van der Waals surface area (Å²) >= 11 is 0. The van der Waals surface area contributed by atoms with E-state index in [4.69, 9.17) is 4.74 Å². The average Bonchev–Trinajstić information content (AvgIpc) is 2.75. The molecule has 0 aliphatic carbocycles. The molecule has 0 aliphatic rings. The number of amides is 1. The fourth-order valence-corrected chi connectivity index (χ4v) is 3.24. The molecule has 0 saturated carbocycles. The summed E-state index contributed by atoms with van der Waals surface area (Å²) in [6.07, 6.45) is 0. The van der Waals surface area contributed by atoms with Crippen molar-refractivity contribution in [2.75, 3.05) is 11.4 Å². The van der Waals surface area contributed by atoms with E-state index in [1.807, 2.05) is 0 Å². The normalized spacial score (nSPS) is 11.1. The van der Waals surface area contributed by atoms with Gasteiger partial charge in [-0.15, -0.1) is 0 Å². The maximum atomic E-state index is 14.4. The molecule has 1 amide bonds. The molecule has 3 rings (SSSR count). The standard InChI is InChI=1S/C26H22F3NO4/c1-26(2,3)34-22(31)15-30(25(33)23-20(28)13-18(27)14-21(23)29)19-11-7-10-17(12-19)24(32)16-8-5-4-6-9-16/h4-14H,15H2,1-3H3. The number of esters is 1. The number of carbonyl (C=O) groups excluding carboxylic acids is 3. The van der Waals surface area contributed by atoms with Crippen molar-refractivity contribution in [3.63, 3.8) is 0 Å². The number of hydrogen-bond donors (Lipinski definition) is 0. The lowest BCUT2D eigenvalue weighted by molar-refractivity contribution is -0.152. The van der Waals surface area contributed by atoms with E-state index in [2.05, 4.69) is 0 Å². The van der Waals surface area contributed by atoms with Gasteiger partial charge in [0.2, 0.25) is 0 Å². The van der Waals surface area contributed by atoms with Crippen LogP contribution in [0.3, 0.4) is 0 Å². The smallest absolute Gasteiger partial charge is 0.326 e. The Morgan fingerprint density at radius 1 is 0.824 bits per heavy atom. The van der Waals surface area contributed by atoms with Crippen LogP contribution in [0.15, 0.2) is 66.7 Å². The van der Waals surface area contributed by atoms with Gasteiger partial charge in [0.15, 0.2) is 5.78 Å². The minimum absolute atomic E-state index is 0.0285. The lowest BCUT2D eigenvalue weighted by Crippen LogP contribution is -2.39. The number of benzene rings is 3. The van der Waals surface area contributed by atoms with Crippen LogP contribution in [-0.4, -0.2) is 29.8 Å². The van der Waals surface area contributed by atoms with Crippen molar-refractivity contribution < 1.29 is 32.3 Å². The first-order chi connectivity index (χ1) is 16.0. The molecule has 5 nitrogen and oxygen atoms in total. The van der Waals surface area contributed by atoms with Crippen LogP contribution in [-0.2, 0) is 9.53 Å². The second kappa shape index (κ2) is 9.91. The predicted molar refractivity (Wildman–Crippen MR) is 120 cm³/mol. The highest BCUT2D eigenvalue weighted by atomic mass is 19.1. The molecule has 3 aromatic rings. The summed E-state index contributed by atoms with van der Waals surface area (Å²) in [6.45, 7) is 4.16. The van der Waals surface area contributed by atoms with Crippen LogP contribution in [0.25, 0.3) is 0 Å². The molecule has 0 unspecified atom stereocenters. The number of halogens is 3. The fraction of sp³-hybridized carbons (Fsp3) is 0.192. The predicted octanol–water partition coefficient (Wildman–Crippen LogP) is 5.32. The van der Waals surface area contributed by atoms with E-state index in [1.54, 1.807) is 51.1 Å². The van der Waals surface area contributed by atoms with Crippen LogP contribution in [0.1, 0.15) is 47.1 Å². The number of anilines is 1. The van der Waals surface area contributed by atoms with Gasteiger partial charge in [0.25, 0.3) is 5.91 Å². The van der Waals surface area contributed by atoms with Gasteiger partial charge in [-0.05, 0) is 32.9 Å². The van der Waals surface area contributed by atoms with Gasteiger partial charge in [0.1, 0.15) is 35.2 Å². The minimum atomic E-state index is -1.42. The summed E-state index contributed by atoms with van der Waals surface area (Å²) in [7, 11) is 0. The third-order valence-corrected chi connectivity index (χ3v) is 4.63. The molecule has 0 fully saturated rings. The van der Waals surface area contributed by atoms with Crippen molar-refractivity contribution in [1.82, 2.24) is 0 Å². The van der Waals surface area contributed by atoms with Gasteiger partial charge >= 0.3 is 5.97 Å². The molecule has 0 saturated heterocycles. The number of carbonyl (C=O) groups is 3. The van der Waals surface area contributed by atoms with E-state index in [1.165, 1.54) is 24.3 Å². The van der Waals surface area contributed by atoms with E-state index in [0.29, 0.717) is 17.7 Å².